The fourth-order valence-electron chi connectivity index (χ4n) is 1.47. The number of rotatable bonds is 0. The molecule has 0 aromatic heterocycles. The quantitative estimate of drug-likeness (QED) is 0.615. The van der Waals surface area contributed by atoms with E-state index in [1.54, 1.807) is 7.11 Å². The Kier molecular flexibility index (Phi) is 2.31. The Balaban J connectivity index is 2.48. The summed E-state index contributed by atoms with van der Waals surface area (Å²) in [7, 11) is 1.62. The minimum absolute atomic E-state index is 0.626. The summed E-state index contributed by atoms with van der Waals surface area (Å²) in [5.74, 6) is 0.626. The van der Waals surface area contributed by atoms with Crippen molar-refractivity contribution in [2.45, 2.75) is 13.5 Å². The van der Waals surface area contributed by atoms with Gasteiger partial charge < -0.3 is 4.74 Å². The van der Waals surface area contributed by atoms with Crippen molar-refractivity contribution in [3.63, 3.8) is 0 Å². The Bertz CT molecular complexity index is 408. The first kappa shape index (κ1) is 8.94. The van der Waals surface area contributed by atoms with Crippen LogP contribution in [0.25, 0.3) is 0 Å². The topological polar surface area (TPSA) is 34.0 Å². The van der Waals surface area contributed by atoms with E-state index < -0.39 is 0 Å². The standard InChI is InChI=1S/C11H12N2O/c1-8-11(14-2)12-7-9-5-3-4-6-10(9)13-8/h3-6H,7H2,1-2H3. The van der Waals surface area contributed by atoms with Gasteiger partial charge in [0.1, 0.15) is 0 Å². The highest BCUT2D eigenvalue weighted by Crippen LogP contribution is 2.22. The number of para-hydroxylation sites is 1. The zero-order valence-corrected chi connectivity index (χ0v) is 8.32. The summed E-state index contributed by atoms with van der Waals surface area (Å²) in [5, 5.41) is 0. The molecule has 0 amide bonds. The lowest BCUT2D eigenvalue weighted by Crippen LogP contribution is -2.11. The zero-order valence-electron chi connectivity index (χ0n) is 8.32. The van der Waals surface area contributed by atoms with Crippen LogP contribution in [0.5, 0.6) is 0 Å². The number of aliphatic imine (C=N–C) groups is 2. The number of hydrogen-bond donors (Lipinski definition) is 0. The number of methoxy groups -OCH3 is 1. The Hall–Kier alpha value is -1.64. The van der Waals surface area contributed by atoms with Gasteiger partial charge in [0, 0.05) is 0 Å². The summed E-state index contributed by atoms with van der Waals surface area (Å²) in [6, 6.07) is 8.01. The molecule has 0 bridgehead atoms. The van der Waals surface area contributed by atoms with Gasteiger partial charge in [0.05, 0.1) is 25.1 Å². The molecule has 0 saturated heterocycles. The molecule has 0 unspecified atom stereocenters. The molecule has 1 aliphatic rings. The van der Waals surface area contributed by atoms with Crippen molar-refractivity contribution in [1.82, 2.24) is 0 Å². The van der Waals surface area contributed by atoms with Gasteiger partial charge in [0.15, 0.2) is 0 Å². The van der Waals surface area contributed by atoms with Crippen LogP contribution >= 0.6 is 0 Å². The molecular formula is C11H12N2O. The smallest absolute Gasteiger partial charge is 0.230 e. The minimum Gasteiger partial charge on any atom is -0.480 e. The molecule has 14 heavy (non-hydrogen) atoms. The number of nitrogens with zero attached hydrogens (tertiary/aromatic N) is 2. The predicted molar refractivity (Wildman–Crippen MR) is 57.4 cm³/mol. The molecule has 2 rings (SSSR count). The average Bonchev–Trinajstić information content (AvgIpc) is 2.36. The second-order valence-electron chi connectivity index (χ2n) is 3.15. The first-order valence-corrected chi connectivity index (χ1v) is 4.53. The van der Waals surface area contributed by atoms with Gasteiger partial charge >= 0.3 is 0 Å². The molecule has 3 nitrogen and oxygen atoms in total. The summed E-state index contributed by atoms with van der Waals surface area (Å²) in [4.78, 5) is 8.78. The molecule has 0 N–H and O–H groups in total. The van der Waals surface area contributed by atoms with Crippen LogP contribution in [0.2, 0.25) is 0 Å². The molecular weight excluding hydrogens is 176 g/mol. The van der Waals surface area contributed by atoms with Crippen LogP contribution in [0.4, 0.5) is 5.69 Å². The normalized spacial score (nSPS) is 15.0. The Morgan fingerprint density at radius 1 is 1.29 bits per heavy atom. The fourth-order valence-corrected chi connectivity index (χ4v) is 1.47. The highest BCUT2D eigenvalue weighted by atomic mass is 16.5. The summed E-state index contributed by atoms with van der Waals surface area (Å²) in [6.07, 6.45) is 0. The first-order chi connectivity index (χ1) is 6.81. The van der Waals surface area contributed by atoms with Crippen molar-refractivity contribution in [3.05, 3.63) is 29.8 Å². The number of hydrogen-bond acceptors (Lipinski definition) is 3. The maximum atomic E-state index is 5.13. The number of ether oxygens (including phenoxy) is 1. The van der Waals surface area contributed by atoms with Crippen LogP contribution in [-0.4, -0.2) is 18.7 Å². The average molecular weight is 188 g/mol. The van der Waals surface area contributed by atoms with E-state index in [-0.39, 0.29) is 0 Å². The third-order valence-corrected chi connectivity index (χ3v) is 2.18. The van der Waals surface area contributed by atoms with Crippen molar-refractivity contribution in [1.29, 1.82) is 0 Å². The molecule has 0 saturated carbocycles. The number of benzene rings is 1. The maximum absolute atomic E-state index is 5.13. The zero-order chi connectivity index (χ0) is 9.97. The van der Waals surface area contributed by atoms with Crippen LogP contribution in [0, 0.1) is 0 Å². The van der Waals surface area contributed by atoms with Gasteiger partial charge in [0.2, 0.25) is 5.90 Å². The summed E-state index contributed by atoms with van der Waals surface area (Å²) in [5.41, 5.74) is 2.96. The van der Waals surface area contributed by atoms with Crippen molar-refractivity contribution in [2.24, 2.45) is 9.98 Å². The Labute approximate surface area is 83.2 Å². The van der Waals surface area contributed by atoms with Gasteiger partial charge in [-0.15, -0.1) is 0 Å². The third kappa shape index (κ3) is 1.53. The largest absolute Gasteiger partial charge is 0.480 e. The molecule has 0 spiro atoms. The van der Waals surface area contributed by atoms with E-state index >= 15 is 0 Å². The number of fused-ring (bicyclic) bond motifs is 1. The van der Waals surface area contributed by atoms with Crippen molar-refractivity contribution < 1.29 is 4.74 Å². The van der Waals surface area contributed by atoms with Crippen LogP contribution in [-0.2, 0) is 11.3 Å². The fraction of sp³-hybridized carbons (Fsp3) is 0.273. The van der Waals surface area contributed by atoms with E-state index in [1.165, 1.54) is 0 Å². The predicted octanol–water partition coefficient (Wildman–Crippen LogP) is 2.34. The molecule has 72 valence electrons. The molecule has 1 aromatic carbocycles. The van der Waals surface area contributed by atoms with Gasteiger partial charge in [-0.3, -0.25) is 0 Å². The van der Waals surface area contributed by atoms with E-state index in [0.29, 0.717) is 12.4 Å². The SMILES string of the molecule is COC1=NCc2ccccc2N=C1C. The molecule has 1 aromatic rings. The monoisotopic (exact) mass is 188 g/mol. The van der Waals surface area contributed by atoms with Gasteiger partial charge in [-0.1, -0.05) is 18.2 Å². The molecule has 0 atom stereocenters. The molecule has 3 heteroatoms. The van der Waals surface area contributed by atoms with E-state index in [2.05, 4.69) is 9.98 Å². The lowest BCUT2D eigenvalue weighted by molar-refractivity contribution is 0.408. The van der Waals surface area contributed by atoms with E-state index in [1.807, 2.05) is 31.2 Å². The second kappa shape index (κ2) is 3.62. The minimum atomic E-state index is 0.626. The van der Waals surface area contributed by atoms with Crippen molar-refractivity contribution in [3.8, 4) is 0 Å². The van der Waals surface area contributed by atoms with Crippen LogP contribution in [0.3, 0.4) is 0 Å². The van der Waals surface area contributed by atoms with Crippen molar-refractivity contribution >= 4 is 17.3 Å². The van der Waals surface area contributed by atoms with E-state index in [9.17, 15) is 0 Å². The third-order valence-electron chi connectivity index (χ3n) is 2.18. The van der Waals surface area contributed by atoms with Gasteiger partial charge in [-0.05, 0) is 18.6 Å². The Morgan fingerprint density at radius 3 is 2.86 bits per heavy atom. The molecule has 0 fully saturated rings. The molecule has 0 radical (unpaired) electrons. The highest BCUT2D eigenvalue weighted by Gasteiger charge is 2.10. The van der Waals surface area contributed by atoms with Gasteiger partial charge in [-0.25, -0.2) is 9.98 Å². The van der Waals surface area contributed by atoms with Crippen LogP contribution < -0.4 is 0 Å². The highest BCUT2D eigenvalue weighted by molar-refractivity contribution is 6.38. The Morgan fingerprint density at radius 2 is 2.07 bits per heavy atom. The molecule has 1 heterocycles. The lowest BCUT2D eigenvalue weighted by Gasteiger charge is -2.00. The lowest BCUT2D eigenvalue weighted by atomic mass is 10.2. The van der Waals surface area contributed by atoms with Gasteiger partial charge in [0.25, 0.3) is 0 Å². The van der Waals surface area contributed by atoms with E-state index in [4.69, 9.17) is 4.74 Å². The van der Waals surface area contributed by atoms with E-state index in [0.717, 1.165) is 17.0 Å². The van der Waals surface area contributed by atoms with Crippen LogP contribution in [0.15, 0.2) is 34.3 Å². The first-order valence-electron chi connectivity index (χ1n) is 4.53. The summed E-state index contributed by atoms with van der Waals surface area (Å²) < 4.78 is 5.13. The molecule has 0 aliphatic carbocycles. The van der Waals surface area contributed by atoms with Crippen LogP contribution in [0.1, 0.15) is 12.5 Å². The molecule has 1 aliphatic heterocycles. The van der Waals surface area contributed by atoms with Crippen molar-refractivity contribution in [2.75, 3.05) is 7.11 Å². The summed E-state index contributed by atoms with van der Waals surface area (Å²) >= 11 is 0. The van der Waals surface area contributed by atoms with Gasteiger partial charge in [-0.2, -0.15) is 0 Å². The summed E-state index contributed by atoms with van der Waals surface area (Å²) in [6.45, 7) is 2.55. The second-order valence-corrected chi connectivity index (χ2v) is 3.15. The maximum Gasteiger partial charge on any atom is 0.230 e.